The number of halogens is 1. The van der Waals surface area contributed by atoms with E-state index in [1.165, 1.54) is 32.0 Å². The molecule has 2 rings (SSSR count). The molecule has 1 unspecified atom stereocenters. The fraction of sp³-hybridized carbons (Fsp3) is 0.611. The Bertz CT molecular complexity index is 509. The predicted molar refractivity (Wildman–Crippen MR) is 94.0 cm³/mol. The molecule has 0 aliphatic carbocycles. The van der Waals surface area contributed by atoms with Gasteiger partial charge in [-0.1, -0.05) is 32.0 Å². The van der Waals surface area contributed by atoms with Gasteiger partial charge in [0.25, 0.3) is 0 Å². The monoisotopic (exact) mass is 320 g/mol. The van der Waals surface area contributed by atoms with Crippen molar-refractivity contribution < 1.29 is 4.39 Å². The summed E-state index contributed by atoms with van der Waals surface area (Å²) in [6.07, 6.45) is 2.59. The molecule has 128 valence electrons. The zero-order valence-electron chi connectivity index (χ0n) is 14.5. The van der Waals surface area contributed by atoms with Crippen LogP contribution in [0.5, 0.6) is 0 Å². The second kappa shape index (κ2) is 8.87. The quantitative estimate of drug-likeness (QED) is 0.625. The summed E-state index contributed by atoms with van der Waals surface area (Å²) in [7, 11) is 1.75. The van der Waals surface area contributed by atoms with Crippen molar-refractivity contribution in [2.24, 2.45) is 10.9 Å². The molecule has 0 amide bonds. The van der Waals surface area contributed by atoms with E-state index in [2.05, 4.69) is 34.4 Å². The summed E-state index contributed by atoms with van der Waals surface area (Å²) in [6.45, 7) is 8.19. The molecule has 1 saturated heterocycles. The van der Waals surface area contributed by atoms with Crippen LogP contribution in [-0.2, 0) is 6.54 Å². The minimum absolute atomic E-state index is 0.187. The van der Waals surface area contributed by atoms with Crippen LogP contribution in [-0.4, -0.2) is 43.6 Å². The molecule has 0 saturated carbocycles. The van der Waals surface area contributed by atoms with Crippen molar-refractivity contribution in [1.82, 2.24) is 15.5 Å². The standard InChI is InChI=1S/C18H29FN4/c1-14(2)17(23-10-6-7-11-23)13-22-18(20-3)21-12-15-8-4-5-9-16(15)19/h4-5,8-9,14,17H,6-7,10-13H2,1-3H3,(H2,20,21,22). The van der Waals surface area contributed by atoms with Gasteiger partial charge in [-0.2, -0.15) is 0 Å². The molecular formula is C18H29FN4. The molecule has 5 heteroatoms. The zero-order chi connectivity index (χ0) is 16.7. The number of rotatable bonds is 6. The van der Waals surface area contributed by atoms with Crippen molar-refractivity contribution in [3.05, 3.63) is 35.6 Å². The molecule has 1 heterocycles. The highest BCUT2D eigenvalue weighted by molar-refractivity contribution is 5.79. The number of likely N-dealkylation sites (tertiary alicyclic amines) is 1. The highest BCUT2D eigenvalue weighted by Gasteiger charge is 2.24. The van der Waals surface area contributed by atoms with Crippen LogP contribution in [0.4, 0.5) is 4.39 Å². The van der Waals surface area contributed by atoms with Crippen LogP contribution in [0.3, 0.4) is 0 Å². The first-order valence-electron chi connectivity index (χ1n) is 8.53. The van der Waals surface area contributed by atoms with Gasteiger partial charge in [-0.15, -0.1) is 0 Å². The summed E-state index contributed by atoms with van der Waals surface area (Å²) in [4.78, 5) is 6.80. The Hall–Kier alpha value is -1.62. The molecule has 0 spiro atoms. The van der Waals surface area contributed by atoms with E-state index in [1.54, 1.807) is 19.2 Å². The van der Waals surface area contributed by atoms with E-state index in [0.29, 0.717) is 24.1 Å². The summed E-state index contributed by atoms with van der Waals surface area (Å²) in [5.41, 5.74) is 0.649. The number of guanidine groups is 1. The van der Waals surface area contributed by atoms with Crippen LogP contribution in [0, 0.1) is 11.7 Å². The number of benzene rings is 1. The van der Waals surface area contributed by atoms with E-state index in [9.17, 15) is 4.39 Å². The lowest BCUT2D eigenvalue weighted by Gasteiger charge is -2.31. The molecular weight excluding hydrogens is 291 g/mol. The van der Waals surface area contributed by atoms with Gasteiger partial charge in [0.05, 0.1) is 0 Å². The maximum Gasteiger partial charge on any atom is 0.191 e. The van der Waals surface area contributed by atoms with E-state index in [1.807, 2.05) is 6.07 Å². The van der Waals surface area contributed by atoms with Gasteiger partial charge in [-0.25, -0.2) is 4.39 Å². The number of nitrogens with one attached hydrogen (secondary N) is 2. The minimum atomic E-state index is -0.187. The Morgan fingerprint density at radius 3 is 2.52 bits per heavy atom. The average Bonchev–Trinajstić information content (AvgIpc) is 3.05. The van der Waals surface area contributed by atoms with Gasteiger partial charge in [-0.3, -0.25) is 9.89 Å². The lowest BCUT2D eigenvalue weighted by molar-refractivity contribution is 0.192. The normalized spacial score (nSPS) is 17.5. The number of aliphatic imine (C=N–C) groups is 1. The molecule has 1 atom stereocenters. The fourth-order valence-electron chi connectivity index (χ4n) is 3.10. The van der Waals surface area contributed by atoms with Crippen molar-refractivity contribution in [1.29, 1.82) is 0 Å². The van der Waals surface area contributed by atoms with Gasteiger partial charge < -0.3 is 10.6 Å². The molecule has 2 N–H and O–H groups in total. The van der Waals surface area contributed by atoms with Crippen molar-refractivity contribution in [2.75, 3.05) is 26.7 Å². The summed E-state index contributed by atoms with van der Waals surface area (Å²) in [5.74, 6) is 1.12. The molecule has 1 aliphatic rings. The van der Waals surface area contributed by atoms with Gasteiger partial charge in [0.1, 0.15) is 5.82 Å². The van der Waals surface area contributed by atoms with Crippen LogP contribution >= 0.6 is 0 Å². The SMILES string of the molecule is CN=C(NCc1ccccc1F)NCC(C(C)C)N1CCCC1. The summed E-state index contributed by atoms with van der Waals surface area (Å²) in [6, 6.07) is 7.32. The second-order valence-electron chi connectivity index (χ2n) is 6.45. The van der Waals surface area contributed by atoms with E-state index < -0.39 is 0 Å². The minimum Gasteiger partial charge on any atom is -0.355 e. The number of hydrogen-bond donors (Lipinski definition) is 2. The molecule has 0 bridgehead atoms. The van der Waals surface area contributed by atoms with Crippen molar-refractivity contribution in [3.8, 4) is 0 Å². The zero-order valence-corrected chi connectivity index (χ0v) is 14.5. The van der Waals surface area contributed by atoms with Crippen LogP contribution in [0.2, 0.25) is 0 Å². The molecule has 4 nitrogen and oxygen atoms in total. The average molecular weight is 320 g/mol. The van der Waals surface area contributed by atoms with Crippen molar-refractivity contribution >= 4 is 5.96 Å². The molecule has 23 heavy (non-hydrogen) atoms. The Morgan fingerprint density at radius 2 is 1.91 bits per heavy atom. The number of hydrogen-bond acceptors (Lipinski definition) is 2. The topological polar surface area (TPSA) is 39.7 Å². The molecule has 1 aromatic carbocycles. The Labute approximate surface area is 139 Å². The van der Waals surface area contributed by atoms with Crippen LogP contribution in [0.1, 0.15) is 32.3 Å². The molecule has 1 aromatic rings. The Morgan fingerprint density at radius 1 is 1.22 bits per heavy atom. The third-order valence-corrected chi connectivity index (χ3v) is 4.49. The highest BCUT2D eigenvalue weighted by Crippen LogP contribution is 2.17. The van der Waals surface area contributed by atoms with E-state index in [4.69, 9.17) is 0 Å². The first-order chi connectivity index (χ1) is 11.1. The third-order valence-electron chi connectivity index (χ3n) is 4.49. The summed E-state index contributed by atoms with van der Waals surface area (Å²) < 4.78 is 13.7. The molecule has 1 fully saturated rings. The van der Waals surface area contributed by atoms with Crippen molar-refractivity contribution in [3.63, 3.8) is 0 Å². The van der Waals surface area contributed by atoms with Crippen LogP contribution in [0.15, 0.2) is 29.3 Å². The van der Waals surface area contributed by atoms with E-state index >= 15 is 0 Å². The molecule has 0 radical (unpaired) electrons. The Kier molecular flexibility index (Phi) is 6.84. The smallest absolute Gasteiger partial charge is 0.191 e. The van der Waals surface area contributed by atoms with Gasteiger partial charge in [-0.05, 0) is 37.9 Å². The lowest BCUT2D eigenvalue weighted by atomic mass is 10.0. The van der Waals surface area contributed by atoms with Gasteiger partial charge in [0.15, 0.2) is 5.96 Å². The molecule has 0 aromatic heterocycles. The van der Waals surface area contributed by atoms with Gasteiger partial charge in [0.2, 0.25) is 0 Å². The Balaban J connectivity index is 1.85. The first kappa shape index (κ1) is 17.7. The maximum atomic E-state index is 13.7. The molecule has 1 aliphatic heterocycles. The first-order valence-corrected chi connectivity index (χ1v) is 8.53. The van der Waals surface area contributed by atoms with Gasteiger partial charge in [0, 0.05) is 31.7 Å². The second-order valence-corrected chi connectivity index (χ2v) is 6.45. The number of nitrogens with zero attached hydrogens (tertiary/aromatic N) is 2. The summed E-state index contributed by atoms with van der Waals surface area (Å²) in [5, 5.41) is 6.58. The van der Waals surface area contributed by atoms with E-state index in [0.717, 1.165) is 12.5 Å². The predicted octanol–water partition coefficient (Wildman–Crippen LogP) is 2.61. The van der Waals surface area contributed by atoms with E-state index in [-0.39, 0.29) is 5.82 Å². The van der Waals surface area contributed by atoms with Gasteiger partial charge >= 0.3 is 0 Å². The maximum absolute atomic E-state index is 13.7. The largest absolute Gasteiger partial charge is 0.355 e. The third kappa shape index (κ3) is 5.20. The lowest BCUT2D eigenvalue weighted by Crippen LogP contribution is -2.48. The van der Waals surface area contributed by atoms with Crippen LogP contribution < -0.4 is 10.6 Å². The highest BCUT2D eigenvalue weighted by atomic mass is 19.1. The summed E-state index contributed by atoms with van der Waals surface area (Å²) >= 11 is 0. The van der Waals surface area contributed by atoms with Crippen LogP contribution in [0.25, 0.3) is 0 Å². The van der Waals surface area contributed by atoms with Crippen molar-refractivity contribution in [2.45, 2.75) is 39.3 Å². The fourth-order valence-corrected chi connectivity index (χ4v) is 3.10.